The molecule has 0 heterocycles. The van der Waals surface area contributed by atoms with Crippen molar-refractivity contribution in [2.75, 3.05) is 10.6 Å². The number of para-hydroxylation sites is 2. The first kappa shape index (κ1) is 39.6. The van der Waals surface area contributed by atoms with Crippen molar-refractivity contribution >= 4 is 46.5 Å². The summed E-state index contributed by atoms with van der Waals surface area (Å²) >= 11 is 3.50. The molecule has 272 valence electrons. The molecule has 0 saturated heterocycles. The van der Waals surface area contributed by atoms with Gasteiger partial charge in [-0.2, -0.15) is 0 Å². The molecule has 6 heteroatoms. The summed E-state index contributed by atoms with van der Waals surface area (Å²) < 4.78 is 0. The van der Waals surface area contributed by atoms with Crippen LogP contribution in [0.4, 0.5) is 11.4 Å². The third-order valence-electron chi connectivity index (χ3n) is 8.49. The van der Waals surface area contributed by atoms with Crippen LogP contribution in [0.15, 0.2) is 189 Å². The third kappa shape index (κ3) is 11.2. The Morgan fingerprint density at radius 1 is 0.426 bits per heavy atom. The van der Waals surface area contributed by atoms with Gasteiger partial charge in [0.1, 0.15) is 0 Å². The van der Waals surface area contributed by atoms with E-state index < -0.39 is 0 Å². The second-order valence-corrected chi connectivity index (χ2v) is 15.1. The second kappa shape index (κ2) is 19.5. The SMILES string of the molecule is C/C(=C/C(=O)c1ccccc1)Nc1ccccc1Sc1c(C)cccc1C.C/C(=C/C(=O)c1ccccc1)Nc1ccccc1Sc1c(C)cccc1C. The minimum Gasteiger partial charge on any atom is -0.358 e. The van der Waals surface area contributed by atoms with E-state index in [9.17, 15) is 9.59 Å². The number of nitrogens with one attached hydrogen (secondary N) is 2. The molecule has 0 radical (unpaired) electrons. The van der Waals surface area contributed by atoms with Crippen molar-refractivity contribution < 1.29 is 9.59 Å². The molecule has 2 N–H and O–H groups in total. The normalized spacial score (nSPS) is 11.3. The van der Waals surface area contributed by atoms with Gasteiger partial charge in [-0.25, -0.2) is 0 Å². The molecule has 0 saturated carbocycles. The van der Waals surface area contributed by atoms with Crippen LogP contribution in [0.2, 0.25) is 0 Å². The van der Waals surface area contributed by atoms with E-state index in [1.807, 2.05) is 111 Å². The lowest BCUT2D eigenvalue weighted by Crippen LogP contribution is -2.02. The number of benzene rings is 6. The zero-order valence-electron chi connectivity index (χ0n) is 31.6. The van der Waals surface area contributed by atoms with Crippen LogP contribution >= 0.6 is 23.5 Å². The van der Waals surface area contributed by atoms with E-state index in [-0.39, 0.29) is 11.6 Å². The summed E-state index contributed by atoms with van der Waals surface area (Å²) in [5.74, 6) is 0.000893. The second-order valence-electron chi connectivity index (χ2n) is 13.0. The van der Waals surface area contributed by atoms with Crippen LogP contribution in [0.1, 0.15) is 56.8 Å². The van der Waals surface area contributed by atoms with Gasteiger partial charge in [-0.3, -0.25) is 9.59 Å². The summed E-state index contributed by atoms with van der Waals surface area (Å²) in [5.41, 5.74) is 10.1. The van der Waals surface area contributed by atoms with Gasteiger partial charge in [0.25, 0.3) is 0 Å². The van der Waals surface area contributed by atoms with Crippen LogP contribution < -0.4 is 10.6 Å². The number of rotatable bonds is 12. The molecule has 6 rings (SSSR count). The number of anilines is 2. The van der Waals surface area contributed by atoms with E-state index in [4.69, 9.17) is 0 Å². The zero-order chi connectivity index (χ0) is 38.5. The average Bonchev–Trinajstić information content (AvgIpc) is 3.17. The standard InChI is InChI=1S/2C24H23NOS/c2*1-17-10-9-11-18(2)24(17)27-23-15-8-7-14-21(23)25-19(3)16-22(26)20-12-5-4-6-13-20/h2*4-16,25H,1-3H3/b2*19-16-. The highest BCUT2D eigenvalue weighted by atomic mass is 32.2. The van der Waals surface area contributed by atoms with Crippen molar-refractivity contribution in [3.8, 4) is 0 Å². The van der Waals surface area contributed by atoms with E-state index in [1.54, 1.807) is 35.7 Å². The van der Waals surface area contributed by atoms with Crippen molar-refractivity contribution in [1.29, 1.82) is 0 Å². The van der Waals surface area contributed by atoms with Crippen molar-refractivity contribution in [2.24, 2.45) is 0 Å². The van der Waals surface area contributed by atoms with Gasteiger partial charge in [-0.05, 0) is 88.1 Å². The Labute approximate surface area is 328 Å². The van der Waals surface area contributed by atoms with E-state index >= 15 is 0 Å². The molecule has 0 aliphatic rings. The molecule has 0 aromatic heterocycles. The Bertz CT molecular complexity index is 2080. The van der Waals surface area contributed by atoms with Gasteiger partial charge in [-0.15, -0.1) is 0 Å². The summed E-state index contributed by atoms with van der Waals surface area (Å²) in [7, 11) is 0. The maximum atomic E-state index is 12.4. The highest BCUT2D eigenvalue weighted by molar-refractivity contribution is 7.99. The molecule has 4 nitrogen and oxygen atoms in total. The first-order valence-electron chi connectivity index (χ1n) is 17.8. The predicted octanol–water partition coefficient (Wildman–Crippen LogP) is 13.3. The van der Waals surface area contributed by atoms with Crippen molar-refractivity contribution in [3.63, 3.8) is 0 Å². The molecular weight excluding hydrogens is 701 g/mol. The lowest BCUT2D eigenvalue weighted by Gasteiger charge is -2.14. The van der Waals surface area contributed by atoms with Crippen LogP contribution in [0.25, 0.3) is 0 Å². The molecule has 54 heavy (non-hydrogen) atoms. The fourth-order valence-corrected chi connectivity index (χ4v) is 7.83. The van der Waals surface area contributed by atoms with Crippen LogP contribution in [-0.2, 0) is 0 Å². The monoisotopic (exact) mass is 746 g/mol. The van der Waals surface area contributed by atoms with E-state index in [0.29, 0.717) is 11.1 Å². The quantitative estimate of drug-likeness (QED) is 0.0960. The fraction of sp³-hybridized carbons (Fsp3) is 0.125. The first-order valence-corrected chi connectivity index (χ1v) is 19.5. The molecule has 0 aliphatic heterocycles. The minimum absolute atomic E-state index is 0.000447. The van der Waals surface area contributed by atoms with Crippen molar-refractivity contribution in [2.45, 2.75) is 61.1 Å². The molecule has 0 aliphatic carbocycles. The Balaban J connectivity index is 0.000000208. The summed E-state index contributed by atoms with van der Waals surface area (Å²) in [5, 5.41) is 6.78. The van der Waals surface area contributed by atoms with Crippen LogP contribution in [0.3, 0.4) is 0 Å². The largest absolute Gasteiger partial charge is 0.358 e. The highest BCUT2D eigenvalue weighted by Gasteiger charge is 2.11. The number of hydrogen-bond acceptors (Lipinski definition) is 6. The van der Waals surface area contributed by atoms with E-state index in [1.165, 1.54) is 32.0 Å². The van der Waals surface area contributed by atoms with Gasteiger partial charge in [0.05, 0.1) is 11.4 Å². The minimum atomic E-state index is 0.000447. The highest BCUT2D eigenvalue weighted by Crippen LogP contribution is 2.38. The lowest BCUT2D eigenvalue weighted by molar-refractivity contribution is 0.103. The summed E-state index contributed by atoms with van der Waals surface area (Å²) in [6, 6.07) is 47.7. The molecule has 0 spiro atoms. The number of carbonyl (C=O) groups excluding carboxylic acids is 2. The molecule has 6 aromatic carbocycles. The van der Waals surface area contributed by atoms with Crippen molar-refractivity contribution in [3.05, 3.63) is 203 Å². The summed E-state index contributed by atoms with van der Waals surface area (Å²) in [6.45, 7) is 12.4. The Hall–Kier alpha value is -5.56. The van der Waals surface area contributed by atoms with Crippen LogP contribution in [-0.4, -0.2) is 11.6 Å². The smallest absolute Gasteiger partial charge is 0.187 e. The molecule has 0 amide bonds. The van der Waals surface area contributed by atoms with E-state index in [2.05, 4.69) is 86.9 Å². The molecule has 0 bridgehead atoms. The Morgan fingerprint density at radius 2 is 0.741 bits per heavy atom. The number of carbonyl (C=O) groups is 2. The Kier molecular flexibility index (Phi) is 14.3. The van der Waals surface area contributed by atoms with Gasteiger partial charge in [0.15, 0.2) is 11.6 Å². The number of ketones is 2. The first-order chi connectivity index (χ1) is 26.1. The van der Waals surface area contributed by atoms with Crippen LogP contribution in [0, 0.1) is 27.7 Å². The summed E-state index contributed by atoms with van der Waals surface area (Å²) in [6.07, 6.45) is 3.30. The van der Waals surface area contributed by atoms with Gasteiger partial charge in [0, 0.05) is 54.3 Å². The van der Waals surface area contributed by atoms with Crippen LogP contribution in [0.5, 0.6) is 0 Å². The molecule has 0 atom stereocenters. The van der Waals surface area contributed by atoms with E-state index in [0.717, 1.165) is 32.6 Å². The van der Waals surface area contributed by atoms with Gasteiger partial charge in [0.2, 0.25) is 0 Å². The van der Waals surface area contributed by atoms with Gasteiger partial charge < -0.3 is 10.6 Å². The third-order valence-corrected chi connectivity index (χ3v) is 11.3. The molecule has 0 unspecified atom stereocenters. The average molecular weight is 747 g/mol. The van der Waals surface area contributed by atoms with Gasteiger partial charge >= 0.3 is 0 Å². The van der Waals surface area contributed by atoms with Crippen molar-refractivity contribution in [1.82, 2.24) is 0 Å². The summed E-state index contributed by atoms with van der Waals surface area (Å²) in [4.78, 5) is 29.6. The lowest BCUT2D eigenvalue weighted by atomic mass is 10.1. The van der Waals surface area contributed by atoms with Gasteiger partial charge in [-0.1, -0.05) is 145 Å². The number of aryl methyl sites for hydroxylation is 4. The topological polar surface area (TPSA) is 58.2 Å². The maximum Gasteiger partial charge on any atom is 0.187 e. The predicted molar refractivity (Wildman–Crippen MR) is 229 cm³/mol. The molecule has 0 fully saturated rings. The Morgan fingerprint density at radius 3 is 1.09 bits per heavy atom. The molecule has 6 aromatic rings. The fourth-order valence-electron chi connectivity index (χ4n) is 5.72. The number of allylic oxidation sites excluding steroid dienone is 4. The maximum absolute atomic E-state index is 12.4. The zero-order valence-corrected chi connectivity index (χ0v) is 33.3. The number of hydrogen-bond donors (Lipinski definition) is 2. The molecular formula is C48H46N2O2S2.